The number of rotatable bonds is 3. The van der Waals surface area contributed by atoms with Gasteiger partial charge >= 0.3 is 0 Å². The van der Waals surface area contributed by atoms with Gasteiger partial charge in [0.25, 0.3) is 0 Å². The Hall–Kier alpha value is -1.55. The number of nitrogens with one attached hydrogen (secondary N) is 1. The quantitative estimate of drug-likeness (QED) is 0.619. The molecule has 0 fully saturated rings. The minimum absolute atomic E-state index is 0.679. The maximum absolute atomic E-state index is 6.15. The zero-order chi connectivity index (χ0) is 14.8. The standard InChI is InChI=1S/C16H12Cl2N2S/c1-10-15(11-6-8-12(17)9-7-11)20-16(21-10)19-14-5-3-2-4-13(14)18/h2-9H,1H3,(H,19,20). The van der Waals surface area contributed by atoms with Gasteiger partial charge in [-0.1, -0.05) is 47.5 Å². The molecule has 0 unspecified atom stereocenters. The molecule has 2 nitrogen and oxygen atoms in total. The van der Waals surface area contributed by atoms with Gasteiger partial charge in [0.05, 0.1) is 16.4 Å². The van der Waals surface area contributed by atoms with Gasteiger partial charge in [-0.15, -0.1) is 11.3 Å². The van der Waals surface area contributed by atoms with E-state index in [1.54, 1.807) is 11.3 Å². The Morgan fingerprint density at radius 3 is 2.43 bits per heavy atom. The van der Waals surface area contributed by atoms with E-state index in [2.05, 4.69) is 17.2 Å². The summed E-state index contributed by atoms with van der Waals surface area (Å²) < 4.78 is 0. The number of nitrogens with zero attached hydrogens (tertiary/aromatic N) is 1. The SMILES string of the molecule is Cc1sc(Nc2ccccc2Cl)nc1-c1ccc(Cl)cc1. The molecule has 1 heterocycles. The van der Waals surface area contributed by atoms with Crippen molar-refractivity contribution in [2.45, 2.75) is 6.92 Å². The Morgan fingerprint density at radius 1 is 1.00 bits per heavy atom. The molecule has 3 rings (SSSR count). The van der Waals surface area contributed by atoms with Gasteiger partial charge in [0, 0.05) is 15.5 Å². The summed E-state index contributed by atoms with van der Waals surface area (Å²) >= 11 is 13.7. The van der Waals surface area contributed by atoms with Gasteiger partial charge in [0.2, 0.25) is 0 Å². The summed E-state index contributed by atoms with van der Waals surface area (Å²) in [6.07, 6.45) is 0. The van der Waals surface area contributed by atoms with Gasteiger partial charge < -0.3 is 5.32 Å². The Balaban J connectivity index is 1.91. The van der Waals surface area contributed by atoms with Crippen molar-refractivity contribution >= 4 is 45.4 Å². The molecule has 3 aromatic rings. The number of benzene rings is 2. The predicted octanol–water partition coefficient (Wildman–Crippen LogP) is 6.17. The highest BCUT2D eigenvalue weighted by atomic mass is 35.5. The minimum atomic E-state index is 0.679. The molecule has 0 atom stereocenters. The van der Waals surface area contributed by atoms with Crippen molar-refractivity contribution in [3.8, 4) is 11.3 Å². The number of aromatic nitrogens is 1. The van der Waals surface area contributed by atoms with Crippen LogP contribution in [-0.2, 0) is 0 Å². The normalized spacial score (nSPS) is 10.6. The number of hydrogen-bond donors (Lipinski definition) is 1. The fourth-order valence-corrected chi connectivity index (χ4v) is 3.16. The first-order valence-electron chi connectivity index (χ1n) is 6.38. The van der Waals surface area contributed by atoms with Crippen LogP contribution in [0, 0.1) is 6.92 Å². The van der Waals surface area contributed by atoms with Gasteiger partial charge in [0.15, 0.2) is 5.13 Å². The Morgan fingerprint density at radius 2 is 1.71 bits per heavy atom. The molecule has 0 spiro atoms. The summed E-state index contributed by atoms with van der Waals surface area (Å²) in [4.78, 5) is 5.80. The van der Waals surface area contributed by atoms with Crippen molar-refractivity contribution in [1.82, 2.24) is 4.98 Å². The first-order chi connectivity index (χ1) is 10.1. The highest BCUT2D eigenvalue weighted by Crippen LogP contribution is 2.33. The molecule has 106 valence electrons. The fraction of sp³-hybridized carbons (Fsp3) is 0.0625. The van der Waals surface area contributed by atoms with Crippen LogP contribution in [0.2, 0.25) is 10.0 Å². The first-order valence-corrected chi connectivity index (χ1v) is 7.95. The smallest absolute Gasteiger partial charge is 0.188 e. The molecule has 0 saturated carbocycles. The maximum atomic E-state index is 6.15. The van der Waals surface area contributed by atoms with Crippen molar-refractivity contribution < 1.29 is 0 Å². The van der Waals surface area contributed by atoms with Crippen LogP contribution < -0.4 is 5.32 Å². The molecule has 0 amide bonds. The van der Waals surface area contributed by atoms with E-state index in [4.69, 9.17) is 23.2 Å². The van der Waals surface area contributed by atoms with E-state index in [-0.39, 0.29) is 0 Å². The summed E-state index contributed by atoms with van der Waals surface area (Å²) in [6, 6.07) is 15.3. The molecule has 2 aromatic carbocycles. The van der Waals surface area contributed by atoms with E-state index < -0.39 is 0 Å². The first kappa shape index (κ1) is 14.4. The van der Waals surface area contributed by atoms with Gasteiger partial charge in [-0.25, -0.2) is 4.98 Å². The van der Waals surface area contributed by atoms with Gasteiger partial charge in [-0.05, 0) is 31.2 Å². The summed E-state index contributed by atoms with van der Waals surface area (Å²) in [5.41, 5.74) is 2.88. The van der Waals surface area contributed by atoms with Crippen LogP contribution in [0.3, 0.4) is 0 Å². The third kappa shape index (κ3) is 3.21. The summed E-state index contributed by atoms with van der Waals surface area (Å²) in [7, 11) is 0. The van der Waals surface area contributed by atoms with Crippen molar-refractivity contribution in [2.24, 2.45) is 0 Å². The highest BCUT2D eigenvalue weighted by molar-refractivity contribution is 7.16. The van der Waals surface area contributed by atoms with E-state index in [9.17, 15) is 0 Å². The molecule has 0 aliphatic carbocycles. The molecule has 5 heteroatoms. The lowest BCUT2D eigenvalue weighted by Gasteiger charge is -2.04. The molecule has 0 aliphatic heterocycles. The lowest BCUT2D eigenvalue weighted by atomic mass is 10.1. The Labute approximate surface area is 137 Å². The van der Waals surface area contributed by atoms with Crippen molar-refractivity contribution in [3.05, 3.63) is 63.5 Å². The Kier molecular flexibility index (Phi) is 4.15. The van der Waals surface area contributed by atoms with E-state index in [0.717, 1.165) is 32.0 Å². The number of hydrogen-bond acceptors (Lipinski definition) is 3. The number of aryl methyl sites for hydroxylation is 1. The largest absolute Gasteiger partial charge is 0.330 e. The van der Waals surface area contributed by atoms with Crippen LogP contribution in [0.1, 0.15) is 4.88 Å². The second-order valence-corrected chi connectivity index (χ2v) is 6.58. The van der Waals surface area contributed by atoms with Crippen LogP contribution in [0.15, 0.2) is 48.5 Å². The summed E-state index contributed by atoms with van der Waals surface area (Å²) in [6.45, 7) is 2.05. The fourth-order valence-electron chi connectivity index (χ4n) is 2.00. The number of thiazole rings is 1. The second-order valence-electron chi connectivity index (χ2n) is 4.54. The average molecular weight is 335 g/mol. The average Bonchev–Trinajstić information content (AvgIpc) is 2.83. The van der Waals surface area contributed by atoms with Crippen molar-refractivity contribution in [1.29, 1.82) is 0 Å². The van der Waals surface area contributed by atoms with Crippen molar-refractivity contribution in [2.75, 3.05) is 5.32 Å². The van der Waals surface area contributed by atoms with Crippen LogP contribution in [-0.4, -0.2) is 4.98 Å². The molecular formula is C16H12Cl2N2S. The van der Waals surface area contributed by atoms with E-state index in [1.165, 1.54) is 0 Å². The molecule has 1 aromatic heterocycles. The predicted molar refractivity (Wildman–Crippen MR) is 92.0 cm³/mol. The van der Waals surface area contributed by atoms with Gasteiger partial charge in [-0.3, -0.25) is 0 Å². The van der Waals surface area contributed by atoms with Crippen LogP contribution in [0.25, 0.3) is 11.3 Å². The zero-order valence-corrected chi connectivity index (χ0v) is 13.6. The maximum Gasteiger partial charge on any atom is 0.188 e. The monoisotopic (exact) mass is 334 g/mol. The molecule has 0 saturated heterocycles. The highest BCUT2D eigenvalue weighted by Gasteiger charge is 2.10. The molecule has 0 radical (unpaired) electrons. The van der Waals surface area contributed by atoms with E-state index in [1.807, 2.05) is 48.5 Å². The topological polar surface area (TPSA) is 24.9 Å². The van der Waals surface area contributed by atoms with Crippen molar-refractivity contribution in [3.63, 3.8) is 0 Å². The van der Waals surface area contributed by atoms with Gasteiger partial charge in [-0.2, -0.15) is 0 Å². The van der Waals surface area contributed by atoms with E-state index in [0.29, 0.717) is 5.02 Å². The Bertz CT molecular complexity index is 766. The third-order valence-corrected chi connectivity index (χ3v) is 4.50. The minimum Gasteiger partial charge on any atom is -0.330 e. The van der Waals surface area contributed by atoms with Crippen LogP contribution >= 0.6 is 34.5 Å². The summed E-state index contributed by atoms with van der Waals surface area (Å²) in [5.74, 6) is 0. The molecule has 1 N–H and O–H groups in total. The molecular weight excluding hydrogens is 323 g/mol. The van der Waals surface area contributed by atoms with E-state index >= 15 is 0 Å². The number of halogens is 2. The lowest BCUT2D eigenvalue weighted by Crippen LogP contribution is -1.90. The van der Waals surface area contributed by atoms with Crippen LogP contribution in [0.5, 0.6) is 0 Å². The molecule has 0 aliphatic rings. The molecule has 0 bridgehead atoms. The molecule has 21 heavy (non-hydrogen) atoms. The number of para-hydroxylation sites is 1. The number of anilines is 2. The third-order valence-electron chi connectivity index (χ3n) is 3.03. The zero-order valence-electron chi connectivity index (χ0n) is 11.2. The second kappa shape index (κ2) is 6.06. The summed E-state index contributed by atoms with van der Waals surface area (Å²) in [5, 5.41) is 5.49. The lowest BCUT2D eigenvalue weighted by molar-refractivity contribution is 1.36. The van der Waals surface area contributed by atoms with Crippen LogP contribution in [0.4, 0.5) is 10.8 Å². The van der Waals surface area contributed by atoms with Gasteiger partial charge in [0.1, 0.15) is 0 Å².